The van der Waals surface area contributed by atoms with E-state index >= 15 is 0 Å². The van der Waals surface area contributed by atoms with Gasteiger partial charge in [-0.1, -0.05) is 17.7 Å². The van der Waals surface area contributed by atoms with Crippen LogP contribution in [0.3, 0.4) is 0 Å². The molecule has 1 fully saturated rings. The van der Waals surface area contributed by atoms with Crippen LogP contribution in [-0.4, -0.2) is 42.0 Å². The number of thiazole rings is 1. The van der Waals surface area contributed by atoms with Crippen LogP contribution in [0.4, 0.5) is 5.69 Å². The highest BCUT2D eigenvalue weighted by atomic mass is 32.1. The molecule has 2 aliphatic rings. The van der Waals surface area contributed by atoms with Crippen LogP contribution in [0.2, 0.25) is 0 Å². The molecule has 0 radical (unpaired) electrons. The van der Waals surface area contributed by atoms with E-state index in [1.165, 1.54) is 11.1 Å². The summed E-state index contributed by atoms with van der Waals surface area (Å²) in [6, 6.07) is 6.73. The van der Waals surface area contributed by atoms with Gasteiger partial charge in [-0.05, 0) is 44.6 Å². The Morgan fingerprint density at radius 2 is 2.29 bits per heavy atom. The normalized spacial score (nSPS) is 23.5. The molecule has 1 saturated heterocycles. The van der Waals surface area contributed by atoms with Crippen molar-refractivity contribution in [2.75, 3.05) is 25.0 Å². The molecule has 0 bridgehead atoms. The number of amides is 1. The number of rotatable bonds is 2. The van der Waals surface area contributed by atoms with Crippen molar-refractivity contribution in [3.05, 3.63) is 52.0 Å². The summed E-state index contributed by atoms with van der Waals surface area (Å²) in [5.41, 5.74) is 3.66. The fraction of sp³-hybridized carbons (Fsp3) is 0.368. The molecule has 2 aromatic rings. The lowest BCUT2D eigenvalue weighted by molar-refractivity contribution is -0.114. The number of likely N-dealkylation sites (tertiary alicyclic amines) is 1. The second kappa shape index (κ2) is 6.15. The third-order valence-electron chi connectivity index (χ3n) is 5.01. The zero-order valence-corrected chi connectivity index (χ0v) is 14.8. The number of hydrogen-bond donors (Lipinski definition) is 0. The minimum absolute atomic E-state index is 0.0624. The standard InChI is InChI=1S/C19H21N3OS/c1-13-3-4-16-14(11-13)15-12-21(2)9-7-17(15)22(16)19(23)6-5-18-20-8-10-24-18/h3-6,8,10-11,15,17H,7,9,12H2,1-2H3/b6-5+. The summed E-state index contributed by atoms with van der Waals surface area (Å²) in [6.07, 6.45) is 6.27. The second-order valence-electron chi connectivity index (χ2n) is 6.70. The van der Waals surface area contributed by atoms with E-state index in [1.807, 2.05) is 16.4 Å². The van der Waals surface area contributed by atoms with Crippen LogP contribution in [-0.2, 0) is 4.79 Å². The van der Waals surface area contributed by atoms with Crippen molar-refractivity contribution >= 4 is 29.0 Å². The smallest absolute Gasteiger partial charge is 0.251 e. The molecule has 1 aromatic carbocycles. The minimum Gasteiger partial charge on any atom is -0.306 e. The van der Waals surface area contributed by atoms with Crippen molar-refractivity contribution in [1.82, 2.24) is 9.88 Å². The highest BCUT2D eigenvalue weighted by Gasteiger charge is 2.43. The van der Waals surface area contributed by atoms with Gasteiger partial charge in [0, 0.05) is 41.8 Å². The highest BCUT2D eigenvalue weighted by Crippen LogP contribution is 2.45. The first kappa shape index (κ1) is 15.5. The van der Waals surface area contributed by atoms with Crippen molar-refractivity contribution in [3.63, 3.8) is 0 Å². The van der Waals surface area contributed by atoms with Gasteiger partial charge in [-0.3, -0.25) is 4.79 Å². The van der Waals surface area contributed by atoms with Crippen LogP contribution in [0, 0.1) is 6.92 Å². The van der Waals surface area contributed by atoms with Crippen LogP contribution < -0.4 is 4.90 Å². The Bertz CT molecular complexity index is 784. The summed E-state index contributed by atoms with van der Waals surface area (Å²) in [5.74, 6) is 0.475. The van der Waals surface area contributed by atoms with Crippen LogP contribution >= 0.6 is 11.3 Å². The molecule has 2 aliphatic heterocycles. The Labute approximate surface area is 146 Å². The SMILES string of the molecule is Cc1ccc2c(c1)C1CN(C)CCC1N2C(=O)/C=C/c1nccs1. The van der Waals surface area contributed by atoms with Crippen molar-refractivity contribution in [3.8, 4) is 0 Å². The summed E-state index contributed by atoms with van der Waals surface area (Å²) >= 11 is 1.54. The third-order valence-corrected chi connectivity index (χ3v) is 5.75. The number of hydrogen-bond acceptors (Lipinski definition) is 4. The van der Waals surface area contributed by atoms with Crippen LogP contribution in [0.25, 0.3) is 6.08 Å². The largest absolute Gasteiger partial charge is 0.306 e. The molecular weight excluding hydrogens is 318 g/mol. The Morgan fingerprint density at radius 3 is 3.08 bits per heavy atom. The average Bonchev–Trinajstić information content (AvgIpc) is 3.18. The average molecular weight is 339 g/mol. The van der Waals surface area contributed by atoms with Crippen LogP contribution in [0.15, 0.2) is 35.9 Å². The second-order valence-corrected chi connectivity index (χ2v) is 7.63. The number of benzene rings is 1. The summed E-state index contributed by atoms with van der Waals surface area (Å²) < 4.78 is 0. The van der Waals surface area contributed by atoms with Crippen LogP contribution in [0.1, 0.15) is 28.5 Å². The Hall–Kier alpha value is -1.98. The molecular formula is C19H21N3OS. The van der Waals surface area contributed by atoms with E-state index in [4.69, 9.17) is 0 Å². The predicted octanol–water partition coefficient (Wildman–Crippen LogP) is 3.30. The van der Waals surface area contributed by atoms with Crippen molar-refractivity contribution < 1.29 is 4.79 Å². The molecule has 0 spiro atoms. The predicted molar refractivity (Wildman–Crippen MR) is 98.5 cm³/mol. The van der Waals surface area contributed by atoms with Crippen molar-refractivity contribution in [2.24, 2.45) is 0 Å². The molecule has 1 amide bonds. The van der Waals surface area contributed by atoms with Gasteiger partial charge in [-0.15, -0.1) is 11.3 Å². The first-order valence-corrected chi connectivity index (χ1v) is 9.21. The van der Waals surface area contributed by atoms with Crippen LogP contribution in [0.5, 0.6) is 0 Å². The maximum Gasteiger partial charge on any atom is 0.251 e. The molecule has 3 heterocycles. The Morgan fingerprint density at radius 1 is 1.42 bits per heavy atom. The van der Waals surface area contributed by atoms with E-state index in [0.717, 1.165) is 30.2 Å². The highest BCUT2D eigenvalue weighted by molar-refractivity contribution is 7.10. The molecule has 2 unspecified atom stereocenters. The topological polar surface area (TPSA) is 36.4 Å². The Kier molecular flexibility index (Phi) is 3.98. The molecule has 0 saturated carbocycles. The maximum absolute atomic E-state index is 12.9. The molecule has 0 N–H and O–H groups in total. The number of piperidine rings is 1. The lowest BCUT2D eigenvalue weighted by Crippen LogP contribution is -2.46. The van der Waals surface area contributed by atoms with Gasteiger partial charge in [-0.2, -0.15) is 0 Å². The van der Waals surface area contributed by atoms with Crippen molar-refractivity contribution in [2.45, 2.75) is 25.3 Å². The zero-order valence-electron chi connectivity index (χ0n) is 14.0. The monoisotopic (exact) mass is 339 g/mol. The van der Waals surface area contributed by atoms with Gasteiger partial charge in [0.25, 0.3) is 5.91 Å². The van der Waals surface area contributed by atoms with Gasteiger partial charge in [0.2, 0.25) is 0 Å². The lowest BCUT2D eigenvalue weighted by Gasteiger charge is -2.36. The summed E-state index contributed by atoms with van der Waals surface area (Å²) in [4.78, 5) is 21.5. The quantitative estimate of drug-likeness (QED) is 0.788. The van der Waals surface area contributed by atoms with Crippen molar-refractivity contribution in [1.29, 1.82) is 0 Å². The first-order chi connectivity index (χ1) is 11.6. The van der Waals surface area contributed by atoms with Gasteiger partial charge in [0.05, 0.1) is 0 Å². The number of anilines is 1. The van der Waals surface area contributed by atoms with E-state index in [2.05, 4.69) is 42.1 Å². The minimum atomic E-state index is 0.0624. The lowest BCUT2D eigenvalue weighted by atomic mass is 9.89. The number of aromatic nitrogens is 1. The number of fused-ring (bicyclic) bond motifs is 3. The van der Waals surface area contributed by atoms with Gasteiger partial charge >= 0.3 is 0 Å². The summed E-state index contributed by atoms with van der Waals surface area (Å²) in [5, 5.41) is 2.79. The van der Waals surface area contributed by atoms with E-state index in [1.54, 1.807) is 23.6 Å². The number of likely N-dealkylation sites (N-methyl/N-ethyl adjacent to an activating group) is 1. The molecule has 4 nitrogen and oxygen atoms in total. The van der Waals surface area contributed by atoms with Gasteiger partial charge in [0.1, 0.15) is 5.01 Å². The zero-order chi connectivity index (χ0) is 16.7. The fourth-order valence-corrected chi connectivity index (χ4v) is 4.44. The summed E-state index contributed by atoms with van der Waals surface area (Å²) in [6.45, 7) is 4.17. The molecule has 2 atom stereocenters. The fourth-order valence-electron chi connectivity index (χ4n) is 3.91. The molecule has 1 aromatic heterocycles. The number of nitrogens with zero attached hydrogens (tertiary/aromatic N) is 3. The molecule has 24 heavy (non-hydrogen) atoms. The van der Waals surface area contributed by atoms with E-state index in [0.29, 0.717) is 5.92 Å². The van der Waals surface area contributed by atoms with E-state index < -0.39 is 0 Å². The first-order valence-electron chi connectivity index (χ1n) is 8.33. The molecule has 0 aliphatic carbocycles. The van der Waals surface area contributed by atoms with Gasteiger partial charge < -0.3 is 9.80 Å². The number of aryl methyl sites for hydroxylation is 1. The number of carbonyl (C=O) groups is 1. The van der Waals surface area contributed by atoms with Gasteiger partial charge in [-0.25, -0.2) is 4.98 Å². The Balaban J connectivity index is 1.68. The summed E-state index contributed by atoms with van der Waals surface area (Å²) in [7, 11) is 2.17. The molecule has 4 rings (SSSR count). The molecule has 5 heteroatoms. The molecule has 124 valence electrons. The van der Waals surface area contributed by atoms with E-state index in [9.17, 15) is 4.79 Å². The number of carbonyl (C=O) groups excluding carboxylic acids is 1. The maximum atomic E-state index is 12.9. The van der Waals surface area contributed by atoms with Gasteiger partial charge in [0.15, 0.2) is 0 Å². The third kappa shape index (κ3) is 2.68. The van der Waals surface area contributed by atoms with E-state index in [-0.39, 0.29) is 11.9 Å².